The molecule has 36 heavy (non-hydrogen) atoms. The Morgan fingerprint density at radius 2 is 1.56 bits per heavy atom. The number of rotatable bonds is 10. The SMILES string of the molecule is CNC(=O)C(Cc1ccccc1)N(Cc1cccc(OC)c1)C(=O)COc1ccc(C(C)(C)C)cc1. The van der Waals surface area contributed by atoms with E-state index in [1.54, 1.807) is 19.1 Å². The van der Waals surface area contributed by atoms with E-state index >= 15 is 0 Å². The van der Waals surface area contributed by atoms with Gasteiger partial charge in [-0.25, -0.2) is 0 Å². The number of hydrogen-bond acceptors (Lipinski definition) is 4. The zero-order valence-corrected chi connectivity index (χ0v) is 21.8. The van der Waals surface area contributed by atoms with Crippen molar-refractivity contribution >= 4 is 11.8 Å². The zero-order valence-electron chi connectivity index (χ0n) is 21.8. The molecule has 190 valence electrons. The van der Waals surface area contributed by atoms with Crippen LogP contribution in [0.2, 0.25) is 0 Å². The lowest BCUT2D eigenvalue weighted by Gasteiger charge is -2.31. The van der Waals surface area contributed by atoms with E-state index in [1.807, 2.05) is 78.9 Å². The maximum Gasteiger partial charge on any atom is 0.261 e. The van der Waals surface area contributed by atoms with Crippen LogP contribution in [0.15, 0.2) is 78.9 Å². The van der Waals surface area contributed by atoms with Crippen LogP contribution in [-0.4, -0.2) is 43.5 Å². The highest BCUT2D eigenvalue weighted by Crippen LogP contribution is 2.24. The highest BCUT2D eigenvalue weighted by Gasteiger charge is 2.30. The van der Waals surface area contributed by atoms with Crippen molar-refractivity contribution in [3.05, 3.63) is 95.6 Å². The van der Waals surface area contributed by atoms with Gasteiger partial charge in [0.1, 0.15) is 17.5 Å². The lowest BCUT2D eigenvalue weighted by Crippen LogP contribution is -2.51. The topological polar surface area (TPSA) is 67.9 Å². The summed E-state index contributed by atoms with van der Waals surface area (Å²) in [6, 6.07) is 24.3. The summed E-state index contributed by atoms with van der Waals surface area (Å²) >= 11 is 0. The number of carbonyl (C=O) groups excluding carboxylic acids is 2. The third-order valence-corrected chi connectivity index (χ3v) is 6.09. The van der Waals surface area contributed by atoms with E-state index in [9.17, 15) is 9.59 Å². The molecular weight excluding hydrogens is 452 g/mol. The number of likely N-dealkylation sites (N-methyl/N-ethyl adjacent to an activating group) is 1. The van der Waals surface area contributed by atoms with Crippen LogP contribution in [0.5, 0.6) is 11.5 Å². The number of hydrogen-bond donors (Lipinski definition) is 1. The van der Waals surface area contributed by atoms with Crippen molar-refractivity contribution in [1.82, 2.24) is 10.2 Å². The highest BCUT2D eigenvalue weighted by molar-refractivity contribution is 5.88. The van der Waals surface area contributed by atoms with Gasteiger partial charge in [0.25, 0.3) is 5.91 Å². The summed E-state index contributed by atoms with van der Waals surface area (Å²) in [5.74, 6) is 0.791. The van der Waals surface area contributed by atoms with Crippen molar-refractivity contribution in [2.24, 2.45) is 0 Å². The summed E-state index contributed by atoms with van der Waals surface area (Å²) in [6.07, 6.45) is 0.385. The molecule has 0 aromatic heterocycles. The zero-order chi connectivity index (χ0) is 26.1. The molecule has 3 aromatic carbocycles. The Morgan fingerprint density at radius 1 is 0.889 bits per heavy atom. The molecule has 0 radical (unpaired) electrons. The number of methoxy groups -OCH3 is 1. The number of amides is 2. The first-order valence-electron chi connectivity index (χ1n) is 12.1. The molecule has 3 aromatic rings. The third kappa shape index (κ3) is 7.35. The molecule has 1 unspecified atom stereocenters. The lowest BCUT2D eigenvalue weighted by atomic mass is 9.87. The second kappa shape index (κ2) is 12.2. The van der Waals surface area contributed by atoms with Crippen molar-refractivity contribution in [1.29, 1.82) is 0 Å². The Labute approximate surface area is 214 Å². The molecule has 0 saturated carbocycles. The molecule has 0 saturated heterocycles. The third-order valence-electron chi connectivity index (χ3n) is 6.09. The molecule has 0 spiro atoms. The van der Waals surface area contributed by atoms with E-state index < -0.39 is 6.04 Å². The van der Waals surface area contributed by atoms with E-state index in [1.165, 1.54) is 5.56 Å². The van der Waals surface area contributed by atoms with Gasteiger partial charge in [-0.3, -0.25) is 9.59 Å². The molecule has 6 nitrogen and oxygen atoms in total. The van der Waals surface area contributed by atoms with Crippen LogP contribution >= 0.6 is 0 Å². The van der Waals surface area contributed by atoms with Gasteiger partial charge in [-0.15, -0.1) is 0 Å². The summed E-state index contributed by atoms with van der Waals surface area (Å²) in [4.78, 5) is 28.1. The molecule has 0 fully saturated rings. The summed E-state index contributed by atoms with van der Waals surface area (Å²) in [5.41, 5.74) is 3.04. The van der Waals surface area contributed by atoms with Crippen molar-refractivity contribution < 1.29 is 19.1 Å². The smallest absolute Gasteiger partial charge is 0.261 e. The number of benzene rings is 3. The minimum atomic E-state index is -0.706. The molecule has 0 aliphatic heterocycles. The maximum absolute atomic E-state index is 13.5. The van der Waals surface area contributed by atoms with Crippen LogP contribution in [-0.2, 0) is 28.0 Å². The van der Waals surface area contributed by atoms with Crippen LogP contribution in [0.25, 0.3) is 0 Å². The second-order valence-corrected chi connectivity index (χ2v) is 9.76. The molecule has 1 atom stereocenters. The monoisotopic (exact) mass is 488 g/mol. The van der Waals surface area contributed by atoms with Crippen LogP contribution in [0.1, 0.15) is 37.5 Å². The first-order valence-corrected chi connectivity index (χ1v) is 12.1. The Bertz CT molecular complexity index is 1140. The first-order chi connectivity index (χ1) is 17.2. The predicted molar refractivity (Wildman–Crippen MR) is 142 cm³/mol. The quantitative estimate of drug-likeness (QED) is 0.447. The average molecular weight is 489 g/mol. The van der Waals surface area contributed by atoms with Crippen molar-refractivity contribution in [2.75, 3.05) is 20.8 Å². The van der Waals surface area contributed by atoms with Gasteiger partial charge in [0.15, 0.2) is 6.61 Å². The average Bonchev–Trinajstić information content (AvgIpc) is 2.89. The molecule has 0 aliphatic rings. The Morgan fingerprint density at radius 3 is 2.17 bits per heavy atom. The second-order valence-electron chi connectivity index (χ2n) is 9.76. The van der Waals surface area contributed by atoms with E-state index in [0.29, 0.717) is 17.9 Å². The van der Waals surface area contributed by atoms with Gasteiger partial charge in [0.2, 0.25) is 5.91 Å². The molecule has 3 rings (SSSR count). The number of nitrogens with one attached hydrogen (secondary N) is 1. The molecule has 2 amide bonds. The van der Waals surface area contributed by atoms with Crippen molar-refractivity contribution in [3.63, 3.8) is 0 Å². The summed E-state index contributed by atoms with van der Waals surface area (Å²) in [6.45, 7) is 6.51. The minimum absolute atomic E-state index is 0.0278. The van der Waals surface area contributed by atoms with Gasteiger partial charge in [-0.1, -0.05) is 75.4 Å². The molecule has 6 heteroatoms. The molecule has 1 N–H and O–H groups in total. The Balaban J connectivity index is 1.85. The van der Waals surface area contributed by atoms with Gasteiger partial charge in [-0.2, -0.15) is 0 Å². The van der Waals surface area contributed by atoms with E-state index in [2.05, 4.69) is 26.1 Å². The van der Waals surface area contributed by atoms with Crippen molar-refractivity contribution in [3.8, 4) is 11.5 Å². The molecular formula is C30H36N2O4. The Kier molecular flexibility index (Phi) is 9.12. The van der Waals surface area contributed by atoms with Crippen LogP contribution in [0.4, 0.5) is 0 Å². The normalized spacial score (nSPS) is 11.9. The number of ether oxygens (including phenoxy) is 2. The summed E-state index contributed by atoms with van der Waals surface area (Å²) in [7, 11) is 3.19. The highest BCUT2D eigenvalue weighted by atomic mass is 16.5. The fraction of sp³-hybridized carbons (Fsp3) is 0.333. The van der Waals surface area contributed by atoms with Gasteiger partial charge < -0.3 is 19.7 Å². The van der Waals surface area contributed by atoms with Crippen LogP contribution in [0, 0.1) is 0 Å². The van der Waals surface area contributed by atoms with Crippen molar-refractivity contribution in [2.45, 2.75) is 45.2 Å². The molecule has 0 bridgehead atoms. The largest absolute Gasteiger partial charge is 0.497 e. The fourth-order valence-electron chi connectivity index (χ4n) is 3.97. The molecule has 0 aliphatic carbocycles. The van der Waals surface area contributed by atoms with E-state index in [0.717, 1.165) is 11.1 Å². The van der Waals surface area contributed by atoms with E-state index in [-0.39, 0.29) is 30.4 Å². The number of carbonyl (C=O) groups is 2. The van der Waals surface area contributed by atoms with Gasteiger partial charge >= 0.3 is 0 Å². The van der Waals surface area contributed by atoms with Gasteiger partial charge in [0, 0.05) is 20.0 Å². The Hall–Kier alpha value is -3.80. The summed E-state index contributed by atoms with van der Waals surface area (Å²) < 4.78 is 11.2. The minimum Gasteiger partial charge on any atom is -0.497 e. The fourth-order valence-corrected chi connectivity index (χ4v) is 3.97. The van der Waals surface area contributed by atoms with Crippen LogP contribution < -0.4 is 14.8 Å². The van der Waals surface area contributed by atoms with Gasteiger partial charge in [-0.05, 0) is 46.4 Å². The first kappa shape index (κ1) is 26.8. The molecule has 0 heterocycles. The van der Waals surface area contributed by atoms with E-state index in [4.69, 9.17) is 9.47 Å². The van der Waals surface area contributed by atoms with Gasteiger partial charge in [0.05, 0.1) is 7.11 Å². The predicted octanol–water partition coefficient (Wildman–Crippen LogP) is 4.76. The van der Waals surface area contributed by atoms with Crippen LogP contribution in [0.3, 0.4) is 0 Å². The number of nitrogens with zero attached hydrogens (tertiary/aromatic N) is 1. The summed E-state index contributed by atoms with van der Waals surface area (Å²) in [5, 5.41) is 2.72. The maximum atomic E-state index is 13.5. The lowest BCUT2D eigenvalue weighted by molar-refractivity contribution is -0.142. The standard InChI is InChI=1S/C30H36N2O4/c1-30(2,3)24-14-16-25(17-15-24)36-21-28(33)32(20-23-12-9-13-26(18-23)35-5)27(29(34)31-4)19-22-10-7-6-8-11-22/h6-18,27H,19-21H2,1-5H3,(H,31,34).